The van der Waals surface area contributed by atoms with Crippen molar-refractivity contribution in [2.24, 2.45) is 5.73 Å². The van der Waals surface area contributed by atoms with Crippen LogP contribution in [0.2, 0.25) is 0 Å². The van der Waals surface area contributed by atoms with Crippen molar-refractivity contribution in [3.8, 4) is 0 Å². The zero-order chi connectivity index (χ0) is 11.5. The Morgan fingerprint density at radius 1 is 1.19 bits per heavy atom. The SMILES string of the molecule is Cc1ccc(C(N)C(C)c2ccncc2)o1. The quantitative estimate of drug-likeness (QED) is 0.858. The summed E-state index contributed by atoms with van der Waals surface area (Å²) in [4.78, 5) is 4.00. The lowest BCUT2D eigenvalue weighted by Crippen LogP contribution is -2.17. The summed E-state index contributed by atoms with van der Waals surface area (Å²) in [6, 6.07) is 7.74. The maximum atomic E-state index is 6.17. The molecule has 0 aliphatic heterocycles. The van der Waals surface area contributed by atoms with E-state index in [1.807, 2.05) is 31.2 Å². The summed E-state index contributed by atoms with van der Waals surface area (Å²) in [5.41, 5.74) is 7.35. The molecule has 2 aromatic heterocycles. The van der Waals surface area contributed by atoms with E-state index in [9.17, 15) is 0 Å². The van der Waals surface area contributed by atoms with Gasteiger partial charge in [0, 0.05) is 18.3 Å². The molecule has 2 rings (SSSR count). The van der Waals surface area contributed by atoms with Gasteiger partial charge in [0.05, 0.1) is 6.04 Å². The molecule has 0 radical (unpaired) electrons. The molecule has 0 saturated heterocycles. The minimum Gasteiger partial charge on any atom is -0.465 e. The lowest BCUT2D eigenvalue weighted by atomic mass is 9.93. The molecule has 3 heteroatoms. The van der Waals surface area contributed by atoms with Gasteiger partial charge in [-0.15, -0.1) is 0 Å². The van der Waals surface area contributed by atoms with Gasteiger partial charge in [0.1, 0.15) is 11.5 Å². The minimum absolute atomic E-state index is 0.115. The summed E-state index contributed by atoms with van der Waals surface area (Å²) >= 11 is 0. The zero-order valence-corrected chi connectivity index (χ0v) is 9.55. The molecule has 2 aromatic rings. The Labute approximate surface area is 95.3 Å². The van der Waals surface area contributed by atoms with Crippen molar-refractivity contribution in [3.05, 3.63) is 53.7 Å². The average Bonchev–Trinajstić information content (AvgIpc) is 2.75. The van der Waals surface area contributed by atoms with Crippen molar-refractivity contribution in [1.29, 1.82) is 0 Å². The second kappa shape index (κ2) is 4.49. The molecule has 2 unspecified atom stereocenters. The van der Waals surface area contributed by atoms with Gasteiger partial charge in [0.2, 0.25) is 0 Å². The highest BCUT2D eigenvalue weighted by Gasteiger charge is 2.19. The topological polar surface area (TPSA) is 52.0 Å². The number of rotatable bonds is 3. The van der Waals surface area contributed by atoms with Crippen LogP contribution in [0, 0.1) is 6.92 Å². The second-order valence-electron chi connectivity index (χ2n) is 4.04. The predicted molar refractivity (Wildman–Crippen MR) is 63.0 cm³/mol. The normalized spacial score (nSPS) is 14.7. The first-order chi connectivity index (χ1) is 7.68. The number of hydrogen-bond donors (Lipinski definition) is 1. The first-order valence-electron chi connectivity index (χ1n) is 5.40. The van der Waals surface area contributed by atoms with Gasteiger partial charge in [-0.2, -0.15) is 0 Å². The number of furan rings is 1. The van der Waals surface area contributed by atoms with E-state index in [2.05, 4.69) is 11.9 Å². The molecule has 2 N–H and O–H groups in total. The van der Waals surface area contributed by atoms with Crippen LogP contribution in [0.25, 0.3) is 0 Å². The fourth-order valence-corrected chi connectivity index (χ4v) is 1.75. The van der Waals surface area contributed by atoms with Crippen LogP contribution in [0.15, 0.2) is 41.1 Å². The standard InChI is InChI=1S/C13H16N2O/c1-9-3-4-12(16-9)13(14)10(2)11-5-7-15-8-6-11/h3-8,10,13H,14H2,1-2H3. The number of aryl methyl sites for hydroxylation is 1. The lowest BCUT2D eigenvalue weighted by Gasteiger charge is -2.17. The van der Waals surface area contributed by atoms with Crippen LogP contribution in [-0.4, -0.2) is 4.98 Å². The number of nitrogens with zero attached hydrogens (tertiary/aromatic N) is 1. The van der Waals surface area contributed by atoms with Crippen LogP contribution in [0.3, 0.4) is 0 Å². The highest BCUT2D eigenvalue weighted by Crippen LogP contribution is 2.28. The van der Waals surface area contributed by atoms with Gasteiger partial charge in [-0.1, -0.05) is 6.92 Å². The third-order valence-corrected chi connectivity index (χ3v) is 2.86. The molecule has 16 heavy (non-hydrogen) atoms. The Morgan fingerprint density at radius 2 is 1.88 bits per heavy atom. The van der Waals surface area contributed by atoms with Crippen molar-refractivity contribution < 1.29 is 4.42 Å². The first kappa shape index (κ1) is 10.9. The van der Waals surface area contributed by atoms with Crippen molar-refractivity contribution in [3.63, 3.8) is 0 Å². The lowest BCUT2D eigenvalue weighted by molar-refractivity contribution is 0.420. The van der Waals surface area contributed by atoms with Gasteiger partial charge in [-0.25, -0.2) is 0 Å². The molecule has 2 atom stereocenters. The van der Waals surface area contributed by atoms with E-state index in [0.717, 1.165) is 11.5 Å². The van der Waals surface area contributed by atoms with Crippen molar-refractivity contribution >= 4 is 0 Å². The van der Waals surface area contributed by atoms with Gasteiger partial charge in [0.15, 0.2) is 0 Å². The summed E-state index contributed by atoms with van der Waals surface area (Å²) in [6.07, 6.45) is 3.57. The summed E-state index contributed by atoms with van der Waals surface area (Å²) in [7, 11) is 0. The van der Waals surface area contributed by atoms with Gasteiger partial charge < -0.3 is 10.2 Å². The molecular formula is C13H16N2O. The van der Waals surface area contributed by atoms with Gasteiger partial charge in [-0.05, 0) is 36.8 Å². The van der Waals surface area contributed by atoms with Crippen LogP contribution in [0.4, 0.5) is 0 Å². The number of aromatic nitrogens is 1. The maximum Gasteiger partial charge on any atom is 0.121 e. The van der Waals surface area contributed by atoms with Crippen molar-refractivity contribution in [1.82, 2.24) is 4.98 Å². The van der Waals surface area contributed by atoms with E-state index in [4.69, 9.17) is 10.2 Å². The van der Waals surface area contributed by atoms with Gasteiger partial charge in [-0.3, -0.25) is 4.98 Å². The highest BCUT2D eigenvalue weighted by molar-refractivity contribution is 5.21. The monoisotopic (exact) mass is 216 g/mol. The molecule has 0 aromatic carbocycles. The number of nitrogens with two attached hydrogens (primary N) is 1. The van der Waals surface area contributed by atoms with Crippen LogP contribution in [-0.2, 0) is 0 Å². The Hall–Kier alpha value is -1.61. The van der Waals surface area contributed by atoms with Crippen molar-refractivity contribution in [2.45, 2.75) is 25.8 Å². The fourth-order valence-electron chi connectivity index (χ4n) is 1.75. The Morgan fingerprint density at radius 3 is 2.44 bits per heavy atom. The molecule has 2 heterocycles. The molecule has 0 amide bonds. The third kappa shape index (κ3) is 2.14. The van der Waals surface area contributed by atoms with Crippen LogP contribution in [0.1, 0.15) is 36.0 Å². The minimum atomic E-state index is -0.115. The van der Waals surface area contributed by atoms with Crippen LogP contribution >= 0.6 is 0 Å². The summed E-state index contributed by atoms with van der Waals surface area (Å²) < 4.78 is 5.55. The summed E-state index contributed by atoms with van der Waals surface area (Å²) in [6.45, 7) is 4.02. The van der Waals surface area contributed by atoms with E-state index in [1.54, 1.807) is 12.4 Å². The second-order valence-corrected chi connectivity index (χ2v) is 4.04. The predicted octanol–water partition coefficient (Wildman–Crippen LogP) is 2.79. The largest absolute Gasteiger partial charge is 0.465 e. The summed E-state index contributed by atoms with van der Waals surface area (Å²) in [5, 5.41) is 0. The molecular weight excluding hydrogens is 200 g/mol. The Balaban J connectivity index is 2.19. The van der Waals surface area contributed by atoms with E-state index in [0.29, 0.717) is 0 Å². The highest BCUT2D eigenvalue weighted by atomic mass is 16.3. The Kier molecular flexibility index (Phi) is 3.06. The smallest absolute Gasteiger partial charge is 0.121 e. The average molecular weight is 216 g/mol. The first-order valence-corrected chi connectivity index (χ1v) is 5.40. The molecule has 84 valence electrons. The molecule has 3 nitrogen and oxygen atoms in total. The molecule has 0 bridgehead atoms. The van der Waals surface area contributed by atoms with E-state index >= 15 is 0 Å². The summed E-state index contributed by atoms with van der Waals surface area (Å²) in [5.74, 6) is 1.95. The zero-order valence-electron chi connectivity index (χ0n) is 9.55. The van der Waals surface area contributed by atoms with Gasteiger partial charge >= 0.3 is 0 Å². The van der Waals surface area contributed by atoms with E-state index in [1.165, 1.54) is 5.56 Å². The molecule has 0 aliphatic carbocycles. The van der Waals surface area contributed by atoms with Crippen LogP contribution < -0.4 is 5.73 Å². The molecule has 0 fully saturated rings. The number of pyridine rings is 1. The fraction of sp³-hybridized carbons (Fsp3) is 0.308. The van der Waals surface area contributed by atoms with E-state index < -0.39 is 0 Å². The van der Waals surface area contributed by atoms with E-state index in [-0.39, 0.29) is 12.0 Å². The van der Waals surface area contributed by atoms with Gasteiger partial charge in [0.25, 0.3) is 0 Å². The van der Waals surface area contributed by atoms with Crippen molar-refractivity contribution in [2.75, 3.05) is 0 Å². The molecule has 0 spiro atoms. The van der Waals surface area contributed by atoms with Crippen LogP contribution in [0.5, 0.6) is 0 Å². The molecule has 0 saturated carbocycles. The number of hydrogen-bond acceptors (Lipinski definition) is 3. The maximum absolute atomic E-state index is 6.17. The Bertz CT molecular complexity index is 450. The third-order valence-electron chi connectivity index (χ3n) is 2.86. The molecule has 0 aliphatic rings.